The van der Waals surface area contributed by atoms with Crippen LogP contribution in [0.4, 0.5) is 0 Å². The van der Waals surface area contributed by atoms with Crippen LogP contribution >= 0.6 is 0 Å². The van der Waals surface area contributed by atoms with E-state index in [1.807, 2.05) is 30.3 Å². The number of hydrogen-bond acceptors (Lipinski definition) is 5. The first-order valence-electron chi connectivity index (χ1n) is 16.6. The third-order valence-corrected chi connectivity index (χ3v) is 8.47. The molecule has 0 saturated carbocycles. The Bertz CT molecular complexity index is 760. The largest absolute Gasteiger partial charge is 0.465 e. The molecule has 0 spiro atoms. The number of ether oxygens (including phenoxy) is 2. The van der Waals surface area contributed by atoms with Gasteiger partial charge in [-0.1, -0.05) is 121 Å². The highest BCUT2D eigenvalue weighted by Gasteiger charge is 2.25. The van der Waals surface area contributed by atoms with Crippen LogP contribution in [0.1, 0.15) is 134 Å². The van der Waals surface area contributed by atoms with Gasteiger partial charge in [-0.3, -0.25) is 9.59 Å². The summed E-state index contributed by atoms with van der Waals surface area (Å²) in [6, 6.07) is 9.85. The number of carbonyl (C=O) groups is 2. The molecule has 1 aromatic carbocycles. The summed E-state index contributed by atoms with van der Waals surface area (Å²) < 4.78 is 11.3. The predicted molar refractivity (Wildman–Crippen MR) is 165 cm³/mol. The van der Waals surface area contributed by atoms with Crippen molar-refractivity contribution in [2.75, 3.05) is 26.7 Å². The maximum Gasteiger partial charge on any atom is 0.309 e. The van der Waals surface area contributed by atoms with Crippen LogP contribution in [0.25, 0.3) is 0 Å². The lowest BCUT2D eigenvalue weighted by atomic mass is 9.94. The van der Waals surface area contributed by atoms with Crippen molar-refractivity contribution in [1.29, 1.82) is 0 Å². The van der Waals surface area contributed by atoms with Crippen molar-refractivity contribution in [2.45, 2.75) is 136 Å². The summed E-state index contributed by atoms with van der Waals surface area (Å²) >= 11 is 0. The number of hydrogen-bond donors (Lipinski definition) is 0. The minimum Gasteiger partial charge on any atom is -0.465 e. The second-order valence-electron chi connectivity index (χ2n) is 12.1. The molecule has 1 unspecified atom stereocenters. The number of esters is 2. The monoisotopic (exact) mass is 557 g/mol. The van der Waals surface area contributed by atoms with Crippen molar-refractivity contribution in [3.05, 3.63) is 35.9 Å². The molecule has 228 valence electrons. The van der Waals surface area contributed by atoms with E-state index in [-0.39, 0.29) is 17.9 Å². The van der Waals surface area contributed by atoms with E-state index in [0.717, 1.165) is 50.8 Å². The van der Waals surface area contributed by atoms with Gasteiger partial charge in [0.05, 0.1) is 12.5 Å². The Morgan fingerprint density at radius 1 is 0.775 bits per heavy atom. The molecule has 0 N–H and O–H groups in total. The lowest BCUT2D eigenvalue weighted by Gasteiger charge is -2.28. The molecule has 1 aliphatic rings. The van der Waals surface area contributed by atoms with Gasteiger partial charge in [-0.15, -0.1) is 0 Å². The molecule has 1 heterocycles. The lowest BCUT2D eigenvalue weighted by molar-refractivity contribution is -0.151. The number of piperidine rings is 1. The van der Waals surface area contributed by atoms with Crippen molar-refractivity contribution in [3.63, 3.8) is 0 Å². The molecule has 5 nitrogen and oxygen atoms in total. The summed E-state index contributed by atoms with van der Waals surface area (Å²) in [7, 11) is 2.13. The zero-order chi connectivity index (χ0) is 28.7. The van der Waals surface area contributed by atoms with Crippen LogP contribution < -0.4 is 0 Å². The molecule has 0 aromatic heterocycles. The molecule has 0 aliphatic carbocycles. The average Bonchev–Trinajstić information content (AvgIpc) is 2.97. The van der Waals surface area contributed by atoms with Gasteiger partial charge in [-0.05, 0) is 63.7 Å². The standard InChI is InChI=1S/C35H59NO4/c1-3-4-5-6-7-8-11-15-20-32(30-40-35(38)33-25-27-36(2)28-26-33)21-16-12-9-10-13-19-24-34(37)39-29-31-22-17-14-18-23-31/h14,17-18,22-23,32-33H,3-13,15-16,19-21,24-30H2,1-2H3. The number of nitrogens with zero attached hydrogens (tertiary/aromatic N) is 1. The fourth-order valence-corrected chi connectivity index (χ4v) is 5.66. The third-order valence-electron chi connectivity index (χ3n) is 8.47. The molecule has 0 bridgehead atoms. The SMILES string of the molecule is CCCCCCCCCCC(CCCCCCCCC(=O)OCc1ccccc1)COC(=O)C1CCN(C)CC1. The first kappa shape index (κ1) is 34.3. The number of benzene rings is 1. The van der Waals surface area contributed by atoms with Gasteiger partial charge in [0.25, 0.3) is 0 Å². The van der Waals surface area contributed by atoms with E-state index in [9.17, 15) is 9.59 Å². The van der Waals surface area contributed by atoms with Crippen LogP contribution in [0, 0.1) is 11.8 Å². The number of unbranched alkanes of at least 4 members (excludes halogenated alkanes) is 12. The maximum atomic E-state index is 12.7. The Kier molecular flexibility index (Phi) is 19.5. The molecular formula is C35H59NO4. The highest BCUT2D eigenvalue weighted by molar-refractivity contribution is 5.72. The van der Waals surface area contributed by atoms with Crippen molar-refractivity contribution in [3.8, 4) is 0 Å². The molecule has 40 heavy (non-hydrogen) atoms. The van der Waals surface area contributed by atoms with Gasteiger partial charge < -0.3 is 14.4 Å². The van der Waals surface area contributed by atoms with Crippen LogP contribution in [-0.2, 0) is 25.7 Å². The second kappa shape index (κ2) is 22.8. The van der Waals surface area contributed by atoms with Gasteiger partial charge in [0, 0.05) is 6.42 Å². The summed E-state index contributed by atoms with van der Waals surface area (Å²) in [6.45, 7) is 5.24. The van der Waals surface area contributed by atoms with Crippen molar-refractivity contribution < 1.29 is 19.1 Å². The van der Waals surface area contributed by atoms with E-state index in [1.165, 1.54) is 83.5 Å². The van der Waals surface area contributed by atoms with Crippen LogP contribution in [0.15, 0.2) is 30.3 Å². The Morgan fingerprint density at radius 3 is 1.93 bits per heavy atom. The van der Waals surface area contributed by atoms with E-state index < -0.39 is 0 Å². The zero-order valence-electron chi connectivity index (χ0n) is 25.9. The van der Waals surface area contributed by atoms with Gasteiger partial charge in [0.1, 0.15) is 6.61 Å². The van der Waals surface area contributed by atoms with Crippen LogP contribution in [-0.4, -0.2) is 43.6 Å². The lowest BCUT2D eigenvalue weighted by Crippen LogP contribution is -2.34. The zero-order valence-corrected chi connectivity index (χ0v) is 25.9. The normalized spacial score (nSPS) is 15.2. The van der Waals surface area contributed by atoms with Crippen LogP contribution in [0.3, 0.4) is 0 Å². The summed E-state index contributed by atoms with van der Waals surface area (Å²) in [4.78, 5) is 27.0. The van der Waals surface area contributed by atoms with Gasteiger partial charge >= 0.3 is 11.9 Å². The smallest absolute Gasteiger partial charge is 0.309 e. The summed E-state index contributed by atoms with van der Waals surface area (Å²) in [6.07, 6.45) is 22.2. The third kappa shape index (κ3) is 17.0. The van der Waals surface area contributed by atoms with Crippen molar-refractivity contribution in [1.82, 2.24) is 4.90 Å². The minimum absolute atomic E-state index is 0.0383. The topological polar surface area (TPSA) is 55.8 Å². The van der Waals surface area contributed by atoms with Gasteiger partial charge in [0.15, 0.2) is 0 Å². The number of carbonyl (C=O) groups excluding carboxylic acids is 2. The number of likely N-dealkylation sites (tertiary alicyclic amines) is 1. The highest BCUT2D eigenvalue weighted by atomic mass is 16.5. The molecule has 1 fully saturated rings. The quantitative estimate of drug-likeness (QED) is 0.0993. The highest BCUT2D eigenvalue weighted by Crippen LogP contribution is 2.22. The molecule has 0 radical (unpaired) electrons. The molecule has 0 amide bonds. The first-order chi connectivity index (χ1) is 19.6. The molecule has 1 atom stereocenters. The van der Waals surface area contributed by atoms with Crippen molar-refractivity contribution >= 4 is 11.9 Å². The number of rotatable bonds is 23. The van der Waals surface area contributed by atoms with Crippen LogP contribution in [0.5, 0.6) is 0 Å². The molecule has 2 rings (SSSR count). The average molecular weight is 558 g/mol. The second-order valence-corrected chi connectivity index (χ2v) is 12.1. The van der Waals surface area contributed by atoms with Gasteiger partial charge in [-0.25, -0.2) is 0 Å². The molecule has 1 aromatic rings. The fraction of sp³-hybridized carbons (Fsp3) is 0.771. The predicted octanol–water partition coefficient (Wildman–Crippen LogP) is 8.88. The summed E-state index contributed by atoms with van der Waals surface area (Å²) in [5.41, 5.74) is 1.04. The van der Waals surface area contributed by atoms with Crippen LogP contribution in [0.2, 0.25) is 0 Å². The Hall–Kier alpha value is -1.88. The maximum absolute atomic E-state index is 12.7. The molecule has 5 heteroatoms. The molecular weight excluding hydrogens is 498 g/mol. The van der Waals surface area contributed by atoms with Gasteiger partial charge in [0.2, 0.25) is 0 Å². The van der Waals surface area contributed by atoms with Gasteiger partial charge in [-0.2, -0.15) is 0 Å². The fourth-order valence-electron chi connectivity index (χ4n) is 5.66. The van der Waals surface area contributed by atoms with E-state index >= 15 is 0 Å². The van der Waals surface area contributed by atoms with E-state index in [0.29, 0.717) is 25.6 Å². The Balaban J connectivity index is 1.56. The van der Waals surface area contributed by atoms with E-state index in [2.05, 4.69) is 18.9 Å². The Labute approximate surface area is 245 Å². The first-order valence-corrected chi connectivity index (χ1v) is 16.6. The van der Waals surface area contributed by atoms with Crippen molar-refractivity contribution in [2.24, 2.45) is 11.8 Å². The summed E-state index contributed by atoms with van der Waals surface area (Å²) in [5, 5.41) is 0. The summed E-state index contributed by atoms with van der Waals surface area (Å²) in [5.74, 6) is 0.532. The molecule has 1 aliphatic heterocycles. The van der Waals surface area contributed by atoms with E-state index in [1.54, 1.807) is 0 Å². The minimum atomic E-state index is -0.0950. The van der Waals surface area contributed by atoms with E-state index in [4.69, 9.17) is 9.47 Å². The Morgan fingerprint density at radius 2 is 1.32 bits per heavy atom. The molecule has 1 saturated heterocycles.